The van der Waals surface area contributed by atoms with Crippen molar-refractivity contribution in [2.45, 2.75) is 13.0 Å². The lowest BCUT2D eigenvalue weighted by molar-refractivity contribution is 0.196. The number of hydrogen-bond acceptors (Lipinski definition) is 3. The Balaban J connectivity index is 0.00000176. The van der Waals surface area contributed by atoms with Crippen molar-refractivity contribution in [1.29, 1.82) is 0 Å². The summed E-state index contributed by atoms with van der Waals surface area (Å²) in [6, 6.07) is 7.13. The number of hydrogen-bond donors (Lipinski definition) is 1. The summed E-state index contributed by atoms with van der Waals surface area (Å²) in [6.07, 6.45) is 0. The SMILES string of the molecule is Cc1ccc([C@@H](c2cccs2)N2CCNCC2)c(F)c1F.Cl. The Labute approximate surface area is 139 Å². The smallest absolute Gasteiger partial charge is 0.164 e. The number of nitrogens with zero attached hydrogens (tertiary/aromatic N) is 1. The molecular formula is C16H19ClF2N2S. The van der Waals surface area contributed by atoms with Gasteiger partial charge in [0.15, 0.2) is 11.6 Å². The van der Waals surface area contributed by atoms with Crippen molar-refractivity contribution >= 4 is 23.7 Å². The molecular weight excluding hydrogens is 326 g/mol. The fraction of sp³-hybridized carbons (Fsp3) is 0.375. The minimum absolute atomic E-state index is 0. The van der Waals surface area contributed by atoms with Crippen LogP contribution in [0.1, 0.15) is 22.0 Å². The molecule has 22 heavy (non-hydrogen) atoms. The van der Waals surface area contributed by atoms with Gasteiger partial charge in [0.05, 0.1) is 6.04 Å². The third-order valence-electron chi connectivity index (χ3n) is 3.93. The second-order valence-corrected chi connectivity index (χ2v) is 6.28. The number of rotatable bonds is 3. The van der Waals surface area contributed by atoms with Crippen LogP contribution >= 0.6 is 23.7 Å². The zero-order valence-electron chi connectivity index (χ0n) is 12.3. The quantitative estimate of drug-likeness (QED) is 0.912. The van der Waals surface area contributed by atoms with Gasteiger partial charge in [0.1, 0.15) is 0 Å². The van der Waals surface area contributed by atoms with Crippen molar-refractivity contribution in [3.05, 3.63) is 57.3 Å². The summed E-state index contributed by atoms with van der Waals surface area (Å²) < 4.78 is 28.4. The Hall–Kier alpha value is -1.01. The zero-order chi connectivity index (χ0) is 14.8. The fourth-order valence-electron chi connectivity index (χ4n) is 2.79. The molecule has 2 nitrogen and oxygen atoms in total. The molecule has 0 unspecified atom stereocenters. The predicted molar refractivity (Wildman–Crippen MR) is 88.9 cm³/mol. The van der Waals surface area contributed by atoms with Gasteiger partial charge in [-0.1, -0.05) is 18.2 Å². The van der Waals surface area contributed by atoms with Gasteiger partial charge in [-0.25, -0.2) is 8.78 Å². The second-order valence-electron chi connectivity index (χ2n) is 5.30. The van der Waals surface area contributed by atoms with E-state index in [-0.39, 0.29) is 18.4 Å². The summed E-state index contributed by atoms with van der Waals surface area (Å²) in [4.78, 5) is 3.27. The lowest BCUT2D eigenvalue weighted by Crippen LogP contribution is -2.45. The maximum absolute atomic E-state index is 14.4. The number of piperazine rings is 1. The summed E-state index contributed by atoms with van der Waals surface area (Å²) in [5.41, 5.74) is 0.781. The molecule has 1 aromatic carbocycles. The van der Waals surface area contributed by atoms with Crippen molar-refractivity contribution < 1.29 is 8.78 Å². The predicted octanol–water partition coefficient (Wildman–Crippen LogP) is 3.75. The van der Waals surface area contributed by atoms with Gasteiger partial charge in [0.25, 0.3) is 0 Å². The maximum Gasteiger partial charge on any atom is 0.164 e. The maximum atomic E-state index is 14.4. The summed E-state index contributed by atoms with van der Waals surface area (Å²) in [6.45, 7) is 5.00. The Morgan fingerprint density at radius 1 is 1.14 bits per heavy atom. The molecule has 1 saturated heterocycles. The van der Waals surface area contributed by atoms with E-state index < -0.39 is 11.6 Å². The van der Waals surface area contributed by atoms with Gasteiger partial charge in [0, 0.05) is 36.6 Å². The molecule has 0 bridgehead atoms. The zero-order valence-corrected chi connectivity index (χ0v) is 13.9. The number of nitrogens with one attached hydrogen (secondary N) is 1. The van der Waals surface area contributed by atoms with Crippen LogP contribution in [0.5, 0.6) is 0 Å². The molecule has 0 aliphatic carbocycles. The molecule has 2 aromatic rings. The van der Waals surface area contributed by atoms with E-state index in [9.17, 15) is 8.78 Å². The van der Waals surface area contributed by atoms with Crippen LogP contribution in [-0.2, 0) is 0 Å². The highest BCUT2D eigenvalue weighted by Gasteiger charge is 2.28. The van der Waals surface area contributed by atoms with Crippen LogP contribution in [0.2, 0.25) is 0 Å². The lowest BCUT2D eigenvalue weighted by atomic mass is 10.00. The minimum Gasteiger partial charge on any atom is -0.314 e. The molecule has 1 fully saturated rings. The topological polar surface area (TPSA) is 15.3 Å². The molecule has 3 rings (SSSR count). The van der Waals surface area contributed by atoms with E-state index in [2.05, 4.69) is 10.2 Å². The Kier molecular flexibility index (Phi) is 5.92. The Morgan fingerprint density at radius 3 is 2.50 bits per heavy atom. The van der Waals surface area contributed by atoms with E-state index in [4.69, 9.17) is 0 Å². The first-order valence-corrected chi connectivity index (χ1v) is 7.99. The first-order valence-electron chi connectivity index (χ1n) is 7.11. The summed E-state index contributed by atoms with van der Waals surface area (Å²) >= 11 is 1.59. The molecule has 0 spiro atoms. The molecule has 1 N–H and O–H groups in total. The van der Waals surface area contributed by atoms with Gasteiger partial charge in [-0.05, 0) is 23.9 Å². The van der Waals surface area contributed by atoms with E-state index in [1.807, 2.05) is 17.5 Å². The van der Waals surface area contributed by atoms with Crippen molar-refractivity contribution in [1.82, 2.24) is 10.2 Å². The van der Waals surface area contributed by atoms with Crippen molar-refractivity contribution in [2.24, 2.45) is 0 Å². The average Bonchev–Trinajstić information content (AvgIpc) is 3.03. The van der Waals surface area contributed by atoms with Crippen LogP contribution in [0.25, 0.3) is 0 Å². The Morgan fingerprint density at radius 2 is 1.86 bits per heavy atom. The Bertz CT molecular complexity index is 613. The highest BCUT2D eigenvalue weighted by atomic mass is 35.5. The number of aryl methyl sites for hydroxylation is 1. The largest absolute Gasteiger partial charge is 0.314 e. The number of benzene rings is 1. The highest BCUT2D eigenvalue weighted by molar-refractivity contribution is 7.10. The van der Waals surface area contributed by atoms with Crippen LogP contribution in [0, 0.1) is 18.6 Å². The highest BCUT2D eigenvalue weighted by Crippen LogP contribution is 2.34. The van der Waals surface area contributed by atoms with Gasteiger partial charge in [-0.3, -0.25) is 4.90 Å². The van der Waals surface area contributed by atoms with Gasteiger partial charge >= 0.3 is 0 Å². The molecule has 1 atom stereocenters. The fourth-order valence-corrected chi connectivity index (χ4v) is 3.67. The number of halogens is 3. The first-order chi connectivity index (χ1) is 10.2. The molecule has 1 aliphatic heterocycles. The van der Waals surface area contributed by atoms with E-state index in [1.54, 1.807) is 30.4 Å². The van der Waals surface area contributed by atoms with E-state index >= 15 is 0 Å². The van der Waals surface area contributed by atoms with Crippen molar-refractivity contribution in [3.63, 3.8) is 0 Å². The minimum atomic E-state index is -0.732. The van der Waals surface area contributed by atoms with Gasteiger partial charge < -0.3 is 5.32 Å². The summed E-state index contributed by atoms with van der Waals surface area (Å²) in [5.74, 6) is -1.45. The molecule has 1 aromatic heterocycles. The van der Waals surface area contributed by atoms with Crippen molar-refractivity contribution in [2.75, 3.05) is 26.2 Å². The van der Waals surface area contributed by atoms with Crippen LogP contribution in [0.3, 0.4) is 0 Å². The third-order valence-corrected chi connectivity index (χ3v) is 4.85. The normalized spacial score (nSPS) is 17.0. The summed E-state index contributed by atoms with van der Waals surface area (Å²) in [7, 11) is 0. The third kappa shape index (κ3) is 3.33. The number of thiophene rings is 1. The standard InChI is InChI=1S/C16H18F2N2S.ClH/c1-11-4-5-12(15(18)14(11)17)16(13-3-2-10-21-13)20-8-6-19-7-9-20;/h2-5,10,16,19H,6-9H2,1H3;1H/t16-;/m0./s1. The van der Waals surface area contributed by atoms with Crippen LogP contribution < -0.4 is 5.32 Å². The van der Waals surface area contributed by atoms with E-state index in [1.165, 1.54) is 0 Å². The first kappa shape index (κ1) is 17.3. The van der Waals surface area contributed by atoms with Gasteiger partial charge in [-0.15, -0.1) is 23.7 Å². The van der Waals surface area contributed by atoms with Crippen LogP contribution in [0.4, 0.5) is 8.78 Å². The second kappa shape index (κ2) is 7.51. The molecule has 120 valence electrons. The van der Waals surface area contributed by atoms with Gasteiger partial charge in [0.2, 0.25) is 0 Å². The lowest BCUT2D eigenvalue weighted by Gasteiger charge is -2.35. The molecule has 0 saturated carbocycles. The molecule has 0 amide bonds. The van der Waals surface area contributed by atoms with E-state index in [0.717, 1.165) is 31.1 Å². The molecule has 0 radical (unpaired) electrons. The monoisotopic (exact) mass is 344 g/mol. The van der Waals surface area contributed by atoms with E-state index in [0.29, 0.717) is 11.1 Å². The van der Waals surface area contributed by atoms with Crippen LogP contribution in [-0.4, -0.2) is 31.1 Å². The van der Waals surface area contributed by atoms with Gasteiger partial charge in [-0.2, -0.15) is 0 Å². The van der Waals surface area contributed by atoms with Crippen molar-refractivity contribution in [3.8, 4) is 0 Å². The summed E-state index contributed by atoms with van der Waals surface area (Å²) in [5, 5.41) is 5.27. The molecule has 2 heterocycles. The molecule has 1 aliphatic rings. The van der Waals surface area contributed by atoms with Crippen LogP contribution in [0.15, 0.2) is 29.6 Å². The average molecular weight is 345 g/mol. The molecule has 6 heteroatoms.